The van der Waals surface area contributed by atoms with E-state index in [9.17, 15) is 14.4 Å². The average Bonchev–Trinajstić information content (AvgIpc) is 3.25. The molecule has 0 spiro atoms. The van der Waals surface area contributed by atoms with Crippen molar-refractivity contribution in [2.45, 2.75) is 39.7 Å². The normalized spacial score (nSPS) is 14.1. The Kier molecular flexibility index (Phi) is 5.30. The minimum absolute atomic E-state index is 0.122. The Hall–Kier alpha value is -3.56. The number of amides is 1. The fourth-order valence-corrected chi connectivity index (χ4v) is 3.43. The van der Waals surface area contributed by atoms with Crippen molar-refractivity contribution >= 4 is 5.91 Å². The van der Waals surface area contributed by atoms with Gasteiger partial charge >= 0.3 is 17.5 Å². The lowest BCUT2D eigenvalue weighted by atomic mass is 10.1. The van der Waals surface area contributed by atoms with Crippen molar-refractivity contribution in [1.82, 2.24) is 29.4 Å². The van der Waals surface area contributed by atoms with E-state index in [2.05, 4.69) is 15.2 Å². The smallest absolute Gasteiger partial charge is 0.334 e. The molecule has 156 valence electrons. The number of benzene rings is 1. The number of aromatic nitrogens is 5. The van der Waals surface area contributed by atoms with Gasteiger partial charge in [0.1, 0.15) is 0 Å². The molecule has 0 unspecified atom stereocenters. The summed E-state index contributed by atoms with van der Waals surface area (Å²) in [4.78, 5) is 43.9. The van der Waals surface area contributed by atoms with Crippen molar-refractivity contribution in [1.29, 1.82) is 0 Å². The zero-order valence-corrected chi connectivity index (χ0v) is 16.9. The van der Waals surface area contributed by atoms with Crippen molar-refractivity contribution in [2.24, 2.45) is 0 Å². The minimum atomic E-state index is -0.636. The minimum Gasteiger partial charge on any atom is -0.334 e. The number of rotatable bonds is 4. The second-order valence-corrected chi connectivity index (χ2v) is 7.20. The molecule has 1 fully saturated rings. The summed E-state index contributed by atoms with van der Waals surface area (Å²) in [5.41, 5.74) is 0.169. The quantitative estimate of drug-likeness (QED) is 0.638. The molecule has 10 nitrogen and oxygen atoms in total. The molecule has 0 bridgehead atoms. The molecule has 3 heterocycles. The van der Waals surface area contributed by atoms with Crippen molar-refractivity contribution in [3.8, 4) is 17.2 Å². The fourth-order valence-electron chi connectivity index (χ4n) is 3.43. The Balaban J connectivity index is 1.77. The van der Waals surface area contributed by atoms with Gasteiger partial charge in [0.25, 0.3) is 5.56 Å². The van der Waals surface area contributed by atoms with Crippen LogP contribution in [-0.2, 0) is 6.54 Å². The van der Waals surface area contributed by atoms with Crippen LogP contribution in [0.5, 0.6) is 0 Å². The van der Waals surface area contributed by atoms with E-state index in [-0.39, 0.29) is 29.9 Å². The van der Waals surface area contributed by atoms with Gasteiger partial charge in [-0.25, -0.2) is 4.79 Å². The van der Waals surface area contributed by atoms with Gasteiger partial charge in [-0.15, -0.1) is 0 Å². The molecule has 10 heteroatoms. The van der Waals surface area contributed by atoms with Gasteiger partial charge in [0.05, 0.1) is 5.69 Å². The monoisotopic (exact) mass is 410 g/mol. The van der Waals surface area contributed by atoms with E-state index in [0.717, 1.165) is 34.1 Å². The average molecular weight is 410 g/mol. The Morgan fingerprint density at radius 2 is 1.80 bits per heavy atom. The van der Waals surface area contributed by atoms with E-state index in [4.69, 9.17) is 4.52 Å². The highest BCUT2D eigenvalue weighted by Gasteiger charge is 2.26. The van der Waals surface area contributed by atoms with Gasteiger partial charge in [0.2, 0.25) is 5.82 Å². The van der Waals surface area contributed by atoms with Crippen LogP contribution in [0.15, 0.2) is 38.4 Å². The molecule has 1 amide bonds. The molecular weight excluding hydrogens is 388 g/mol. The first-order valence-electron chi connectivity index (χ1n) is 9.94. The number of carbonyl (C=O) groups is 1. The Bertz CT molecular complexity index is 1190. The molecule has 1 saturated heterocycles. The largest absolute Gasteiger partial charge is 0.352 e. The molecule has 0 atom stereocenters. The summed E-state index contributed by atoms with van der Waals surface area (Å²) >= 11 is 0. The van der Waals surface area contributed by atoms with Gasteiger partial charge < -0.3 is 9.42 Å². The molecule has 3 aromatic rings. The zero-order valence-electron chi connectivity index (χ0n) is 16.9. The van der Waals surface area contributed by atoms with E-state index in [1.807, 2.05) is 19.1 Å². The number of likely N-dealkylation sites (tertiary alicyclic amines) is 1. The van der Waals surface area contributed by atoms with Crippen LogP contribution in [0.25, 0.3) is 17.2 Å². The Morgan fingerprint density at radius 1 is 1.10 bits per heavy atom. The number of carbonyl (C=O) groups excluding carboxylic acids is 1. The zero-order chi connectivity index (χ0) is 21.3. The molecule has 0 aliphatic carbocycles. The predicted molar refractivity (Wildman–Crippen MR) is 108 cm³/mol. The topological polar surface area (TPSA) is 116 Å². The van der Waals surface area contributed by atoms with Crippen molar-refractivity contribution in [3.05, 3.63) is 56.6 Å². The number of hydrogen-bond acceptors (Lipinski definition) is 7. The highest BCUT2D eigenvalue weighted by atomic mass is 16.5. The van der Waals surface area contributed by atoms with E-state index in [1.165, 1.54) is 0 Å². The number of aryl methyl sites for hydroxylation is 1. The second kappa shape index (κ2) is 8.05. The first kappa shape index (κ1) is 19.7. The maximum absolute atomic E-state index is 12.8. The predicted octanol–water partition coefficient (Wildman–Crippen LogP) is 1.40. The maximum Gasteiger partial charge on any atom is 0.352 e. The SMILES string of the molecule is CCn1c(=O)c(-c2noc(C(=O)N3CCCCC3)n2)nn(-c2ccc(C)cc2)c1=O. The van der Waals surface area contributed by atoms with Gasteiger partial charge in [-0.05, 0) is 45.2 Å². The van der Waals surface area contributed by atoms with Gasteiger partial charge in [0.15, 0.2) is 5.69 Å². The first-order valence-corrected chi connectivity index (χ1v) is 9.94. The van der Waals surface area contributed by atoms with Gasteiger partial charge in [-0.3, -0.25) is 14.2 Å². The molecule has 2 aromatic heterocycles. The molecule has 1 aliphatic heterocycles. The highest BCUT2D eigenvalue weighted by Crippen LogP contribution is 2.15. The maximum atomic E-state index is 12.8. The number of hydrogen-bond donors (Lipinski definition) is 0. The highest BCUT2D eigenvalue weighted by molar-refractivity contribution is 5.90. The van der Waals surface area contributed by atoms with Crippen LogP contribution in [0.2, 0.25) is 0 Å². The van der Waals surface area contributed by atoms with Crippen LogP contribution < -0.4 is 11.2 Å². The summed E-state index contributed by atoms with van der Waals surface area (Å²) in [6.45, 7) is 5.04. The number of piperidine rings is 1. The Morgan fingerprint density at radius 3 is 2.47 bits per heavy atom. The standard InChI is InChI=1S/C20H22N6O4/c1-3-25-18(27)15(22-26(20(25)29)14-9-7-13(2)8-10-14)16-21-17(30-23-16)19(28)24-11-5-4-6-12-24/h7-10H,3-6,11-12H2,1-2H3. The van der Waals surface area contributed by atoms with Crippen LogP contribution in [-0.4, -0.2) is 48.4 Å². The third kappa shape index (κ3) is 3.56. The lowest BCUT2D eigenvalue weighted by Crippen LogP contribution is -2.41. The van der Waals surface area contributed by atoms with E-state index >= 15 is 0 Å². The van der Waals surface area contributed by atoms with Crippen molar-refractivity contribution in [3.63, 3.8) is 0 Å². The van der Waals surface area contributed by atoms with Crippen molar-refractivity contribution in [2.75, 3.05) is 13.1 Å². The van der Waals surface area contributed by atoms with E-state index in [0.29, 0.717) is 18.8 Å². The summed E-state index contributed by atoms with van der Waals surface area (Å²) in [5, 5.41) is 7.99. The Labute approximate surface area is 171 Å². The molecule has 4 rings (SSSR count). The molecule has 0 radical (unpaired) electrons. The summed E-state index contributed by atoms with van der Waals surface area (Å²) in [6.07, 6.45) is 2.94. The molecule has 0 N–H and O–H groups in total. The van der Waals surface area contributed by atoms with Crippen molar-refractivity contribution < 1.29 is 9.32 Å². The van der Waals surface area contributed by atoms with E-state index < -0.39 is 11.2 Å². The molecular formula is C20H22N6O4. The van der Waals surface area contributed by atoms with Crippen LogP contribution in [0.1, 0.15) is 42.4 Å². The van der Waals surface area contributed by atoms with Crippen LogP contribution in [0, 0.1) is 6.92 Å². The molecule has 0 saturated carbocycles. The third-order valence-electron chi connectivity index (χ3n) is 5.12. The summed E-state index contributed by atoms with van der Waals surface area (Å²) < 4.78 is 7.30. The summed E-state index contributed by atoms with van der Waals surface area (Å²) in [5.74, 6) is -0.677. The van der Waals surface area contributed by atoms with Gasteiger partial charge in [-0.2, -0.15) is 14.8 Å². The lowest BCUT2D eigenvalue weighted by molar-refractivity contribution is 0.0674. The van der Waals surface area contributed by atoms with Crippen LogP contribution >= 0.6 is 0 Å². The number of nitrogens with zero attached hydrogens (tertiary/aromatic N) is 6. The van der Waals surface area contributed by atoms with Crippen LogP contribution in [0.3, 0.4) is 0 Å². The molecule has 1 aliphatic rings. The lowest BCUT2D eigenvalue weighted by Gasteiger charge is -2.24. The van der Waals surface area contributed by atoms with Gasteiger partial charge in [0, 0.05) is 19.6 Å². The first-order chi connectivity index (χ1) is 14.5. The molecule has 30 heavy (non-hydrogen) atoms. The fraction of sp³-hybridized carbons (Fsp3) is 0.400. The molecule has 1 aromatic carbocycles. The van der Waals surface area contributed by atoms with Gasteiger partial charge in [-0.1, -0.05) is 22.9 Å². The third-order valence-corrected chi connectivity index (χ3v) is 5.12. The second-order valence-electron chi connectivity index (χ2n) is 7.20. The van der Waals surface area contributed by atoms with Crippen LogP contribution in [0.4, 0.5) is 0 Å². The summed E-state index contributed by atoms with van der Waals surface area (Å²) in [6, 6.07) is 7.15. The van der Waals surface area contributed by atoms with E-state index in [1.54, 1.807) is 24.0 Å². The summed E-state index contributed by atoms with van der Waals surface area (Å²) in [7, 11) is 0.